The molecule has 1 unspecified atom stereocenters. The number of hydrogen-bond acceptors (Lipinski definition) is 5. The number of anilines is 1. The molecular weight excluding hydrogens is 222 g/mol. The average molecular weight is 235 g/mol. The summed E-state index contributed by atoms with van der Waals surface area (Å²) in [4.78, 5) is 15.4. The van der Waals surface area contributed by atoms with Crippen molar-refractivity contribution in [3.63, 3.8) is 0 Å². The van der Waals surface area contributed by atoms with Crippen molar-refractivity contribution >= 4 is 11.5 Å². The second-order valence-corrected chi connectivity index (χ2v) is 4.14. The second kappa shape index (κ2) is 4.17. The van der Waals surface area contributed by atoms with E-state index in [-0.39, 0.29) is 5.69 Å². The number of rotatable bonds is 3. The number of H-pyrrole nitrogens is 1. The van der Waals surface area contributed by atoms with Crippen LogP contribution in [0, 0.1) is 5.92 Å². The van der Waals surface area contributed by atoms with Crippen LogP contribution in [0.25, 0.3) is 5.65 Å². The lowest BCUT2D eigenvalue weighted by Gasteiger charge is -2.09. The third-order valence-corrected chi connectivity index (χ3v) is 2.91. The van der Waals surface area contributed by atoms with E-state index in [9.17, 15) is 4.79 Å². The zero-order valence-corrected chi connectivity index (χ0v) is 9.22. The first-order valence-electron chi connectivity index (χ1n) is 5.57. The molecule has 3 heterocycles. The molecule has 0 aromatic carbocycles. The Hall–Kier alpha value is -1.89. The Morgan fingerprint density at radius 1 is 1.65 bits per heavy atom. The predicted molar refractivity (Wildman–Crippen MR) is 61.0 cm³/mol. The van der Waals surface area contributed by atoms with Crippen LogP contribution in [0.5, 0.6) is 0 Å². The number of nitrogens with one attached hydrogen (secondary N) is 2. The molecule has 17 heavy (non-hydrogen) atoms. The van der Waals surface area contributed by atoms with Crippen LogP contribution in [0.4, 0.5) is 5.82 Å². The van der Waals surface area contributed by atoms with Crippen LogP contribution in [0.15, 0.2) is 17.2 Å². The number of ether oxygens (including phenoxy) is 1. The molecule has 7 heteroatoms. The van der Waals surface area contributed by atoms with Gasteiger partial charge in [-0.1, -0.05) is 0 Å². The molecule has 2 aromatic heterocycles. The molecule has 1 fully saturated rings. The number of hydrogen-bond donors (Lipinski definition) is 2. The van der Waals surface area contributed by atoms with Gasteiger partial charge in [-0.2, -0.15) is 5.10 Å². The van der Waals surface area contributed by atoms with Crippen molar-refractivity contribution in [2.45, 2.75) is 6.42 Å². The highest BCUT2D eigenvalue weighted by molar-refractivity contribution is 5.48. The lowest BCUT2D eigenvalue weighted by Crippen LogP contribution is -2.15. The first kappa shape index (κ1) is 10.3. The summed E-state index contributed by atoms with van der Waals surface area (Å²) in [5.74, 6) is 1.26. The standard InChI is InChI=1S/C10H13N5O2/c16-10-14-13-9-3-8(12-6-15(9)10)11-4-7-1-2-17-5-7/h3,6-7,11H,1-2,4-5H2,(H,14,16). The molecule has 2 N–H and O–H groups in total. The summed E-state index contributed by atoms with van der Waals surface area (Å²) in [6.45, 7) is 2.47. The molecule has 1 atom stereocenters. The van der Waals surface area contributed by atoms with E-state index in [0.717, 1.165) is 32.0 Å². The lowest BCUT2D eigenvalue weighted by molar-refractivity contribution is 0.187. The normalized spacial score (nSPS) is 19.9. The van der Waals surface area contributed by atoms with E-state index in [1.807, 2.05) is 0 Å². The van der Waals surface area contributed by atoms with Crippen LogP contribution in [0.3, 0.4) is 0 Å². The van der Waals surface area contributed by atoms with Crippen LogP contribution in [-0.4, -0.2) is 39.3 Å². The minimum absolute atomic E-state index is 0.275. The molecule has 3 rings (SSSR count). The Bertz CT molecular complexity index is 569. The fourth-order valence-electron chi connectivity index (χ4n) is 1.90. The van der Waals surface area contributed by atoms with E-state index in [1.165, 1.54) is 10.7 Å². The van der Waals surface area contributed by atoms with Gasteiger partial charge < -0.3 is 10.1 Å². The van der Waals surface area contributed by atoms with Gasteiger partial charge in [0.2, 0.25) is 0 Å². The topological polar surface area (TPSA) is 84.3 Å². The third kappa shape index (κ3) is 2.01. The highest BCUT2D eigenvalue weighted by Gasteiger charge is 2.15. The predicted octanol–water partition coefficient (Wildman–Crippen LogP) is -0.134. The number of fused-ring (bicyclic) bond motifs is 1. The summed E-state index contributed by atoms with van der Waals surface area (Å²) in [5, 5.41) is 9.48. The monoisotopic (exact) mass is 235 g/mol. The Labute approximate surface area is 96.8 Å². The van der Waals surface area contributed by atoms with E-state index in [4.69, 9.17) is 4.74 Å². The minimum Gasteiger partial charge on any atom is -0.381 e. The van der Waals surface area contributed by atoms with E-state index in [2.05, 4.69) is 20.5 Å². The van der Waals surface area contributed by atoms with Gasteiger partial charge in [-0.05, 0) is 6.42 Å². The SMILES string of the molecule is O=c1[nH]nc2cc(NCC3CCOC3)ncn12. The molecule has 0 saturated carbocycles. The van der Waals surface area contributed by atoms with E-state index in [0.29, 0.717) is 11.6 Å². The first-order valence-corrected chi connectivity index (χ1v) is 5.57. The zero-order chi connectivity index (χ0) is 11.7. The Morgan fingerprint density at radius 3 is 3.41 bits per heavy atom. The van der Waals surface area contributed by atoms with Gasteiger partial charge >= 0.3 is 5.69 Å². The average Bonchev–Trinajstić information content (AvgIpc) is 2.97. The van der Waals surface area contributed by atoms with Crippen molar-refractivity contribution in [1.82, 2.24) is 19.6 Å². The molecule has 90 valence electrons. The highest BCUT2D eigenvalue weighted by atomic mass is 16.5. The second-order valence-electron chi connectivity index (χ2n) is 4.14. The molecule has 1 aliphatic rings. The van der Waals surface area contributed by atoms with Crippen molar-refractivity contribution in [3.8, 4) is 0 Å². The van der Waals surface area contributed by atoms with Crippen LogP contribution < -0.4 is 11.0 Å². The summed E-state index contributed by atoms with van der Waals surface area (Å²) < 4.78 is 6.66. The molecule has 0 bridgehead atoms. The molecule has 1 saturated heterocycles. The maximum absolute atomic E-state index is 11.2. The van der Waals surface area contributed by atoms with Gasteiger partial charge in [0.05, 0.1) is 6.61 Å². The number of nitrogens with zero attached hydrogens (tertiary/aromatic N) is 3. The molecule has 0 amide bonds. The quantitative estimate of drug-likeness (QED) is 0.774. The fraction of sp³-hybridized carbons (Fsp3) is 0.500. The summed E-state index contributed by atoms with van der Waals surface area (Å²) in [6.07, 6.45) is 2.55. The molecule has 7 nitrogen and oxygen atoms in total. The molecule has 2 aromatic rings. The minimum atomic E-state index is -0.275. The summed E-state index contributed by atoms with van der Waals surface area (Å²) in [5.41, 5.74) is 0.290. The van der Waals surface area contributed by atoms with Crippen molar-refractivity contribution in [1.29, 1.82) is 0 Å². The van der Waals surface area contributed by atoms with Gasteiger partial charge in [-0.25, -0.2) is 19.3 Å². The highest BCUT2D eigenvalue weighted by Crippen LogP contribution is 2.13. The largest absolute Gasteiger partial charge is 0.381 e. The van der Waals surface area contributed by atoms with Crippen molar-refractivity contribution < 1.29 is 4.74 Å². The van der Waals surface area contributed by atoms with Gasteiger partial charge in [-0.15, -0.1) is 0 Å². The maximum atomic E-state index is 11.2. The smallest absolute Gasteiger partial charge is 0.348 e. The van der Waals surface area contributed by atoms with Gasteiger partial charge in [0, 0.05) is 25.1 Å². The van der Waals surface area contributed by atoms with Crippen LogP contribution >= 0.6 is 0 Å². The summed E-state index contributed by atoms with van der Waals surface area (Å²) in [6, 6.07) is 1.74. The molecule has 1 aliphatic heterocycles. The van der Waals surface area contributed by atoms with Gasteiger partial charge in [0.15, 0.2) is 5.65 Å². The van der Waals surface area contributed by atoms with E-state index in [1.54, 1.807) is 6.07 Å². The molecule has 0 spiro atoms. The van der Waals surface area contributed by atoms with Crippen LogP contribution in [-0.2, 0) is 4.74 Å². The summed E-state index contributed by atoms with van der Waals surface area (Å²) >= 11 is 0. The van der Waals surface area contributed by atoms with Crippen molar-refractivity contribution in [2.24, 2.45) is 5.92 Å². The zero-order valence-electron chi connectivity index (χ0n) is 9.22. The Balaban J connectivity index is 1.74. The van der Waals surface area contributed by atoms with E-state index < -0.39 is 0 Å². The number of aromatic nitrogens is 4. The molecular formula is C10H13N5O2. The Morgan fingerprint density at radius 2 is 2.59 bits per heavy atom. The number of aromatic amines is 1. The van der Waals surface area contributed by atoms with Crippen molar-refractivity contribution in [3.05, 3.63) is 22.9 Å². The molecule has 0 aliphatic carbocycles. The van der Waals surface area contributed by atoms with Crippen LogP contribution in [0.2, 0.25) is 0 Å². The van der Waals surface area contributed by atoms with Crippen molar-refractivity contribution in [2.75, 3.05) is 25.1 Å². The Kier molecular flexibility index (Phi) is 2.52. The lowest BCUT2D eigenvalue weighted by atomic mass is 10.1. The van der Waals surface area contributed by atoms with Gasteiger partial charge in [-0.3, -0.25) is 0 Å². The third-order valence-electron chi connectivity index (χ3n) is 2.91. The summed E-state index contributed by atoms with van der Waals surface area (Å²) in [7, 11) is 0. The van der Waals surface area contributed by atoms with Gasteiger partial charge in [0.1, 0.15) is 12.1 Å². The van der Waals surface area contributed by atoms with Gasteiger partial charge in [0.25, 0.3) is 0 Å². The molecule has 0 radical (unpaired) electrons. The maximum Gasteiger partial charge on any atom is 0.348 e. The fourth-order valence-corrected chi connectivity index (χ4v) is 1.90. The first-order chi connectivity index (χ1) is 8.33. The van der Waals surface area contributed by atoms with E-state index >= 15 is 0 Å². The van der Waals surface area contributed by atoms with Crippen LogP contribution in [0.1, 0.15) is 6.42 Å².